The Morgan fingerprint density at radius 2 is 2.00 bits per heavy atom. The third-order valence-corrected chi connectivity index (χ3v) is 5.26. The Labute approximate surface area is 162 Å². The molecule has 2 aromatic rings. The van der Waals surface area contributed by atoms with Crippen LogP contribution in [0.3, 0.4) is 0 Å². The summed E-state index contributed by atoms with van der Waals surface area (Å²) >= 11 is 0. The summed E-state index contributed by atoms with van der Waals surface area (Å²) in [5, 5.41) is 16.9. The highest BCUT2D eigenvalue weighted by molar-refractivity contribution is 5.99. The number of aromatic carboxylic acids is 1. The molecule has 1 aliphatic heterocycles. The number of piperidine rings is 1. The number of aromatic nitrogens is 1. The molecule has 1 atom stereocenters. The van der Waals surface area contributed by atoms with Crippen molar-refractivity contribution in [2.45, 2.75) is 31.7 Å². The van der Waals surface area contributed by atoms with Gasteiger partial charge < -0.3 is 24.6 Å². The fraction of sp³-hybridized carbons (Fsp3) is 0.450. The minimum atomic E-state index is -1.11. The Morgan fingerprint density at radius 1 is 1.25 bits per heavy atom. The van der Waals surface area contributed by atoms with Gasteiger partial charge in [-0.05, 0) is 49.9 Å². The SMILES string of the molecule is COc1ccc(-c2onc(NC3CCCN(C(=O)C4CC4)C3)c2C(=O)O)cc1. The van der Waals surface area contributed by atoms with Crippen LogP contribution in [-0.4, -0.2) is 53.3 Å². The molecule has 8 heteroatoms. The molecule has 2 heterocycles. The fourth-order valence-corrected chi connectivity index (χ4v) is 3.60. The number of carbonyl (C=O) groups is 2. The number of nitrogens with one attached hydrogen (secondary N) is 1. The summed E-state index contributed by atoms with van der Waals surface area (Å²) in [6.07, 6.45) is 3.68. The number of hydrogen-bond acceptors (Lipinski definition) is 6. The summed E-state index contributed by atoms with van der Waals surface area (Å²) in [5.41, 5.74) is 0.601. The van der Waals surface area contributed by atoms with E-state index in [1.165, 1.54) is 0 Å². The van der Waals surface area contributed by atoms with Crippen LogP contribution in [0.15, 0.2) is 28.8 Å². The van der Waals surface area contributed by atoms with Crippen molar-refractivity contribution in [1.82, 2.24) is 10.1 Å². The molecule has 28 heavy (non-hydrogen) atoms. The number of nitrogens with zero attached hydrogens (tertiary/aromatic N) is 2. The Kier molecular flexibility index (Phi) is 4.93. The van der Waals surface area contributed by atoms with Gasteiger partial charge in [0.25, 0.3) is 0 Å². The van der Waals surface area contributed by atoms with E-state index >= 15 is 0 Å². The molecule has 2 fully saturated rings. The number of ether oxygens (including phenoxy) is 1. The van der Waals surface area contributed by atoms with Crippen molar-refractivity contribution in [3.63, 3.8) is 0 Å². The fourth-order valence-electron chi connectivity index (χ4n) is 3.60. The van der Waals surface area contributed by atoms with Gasteiger partial charge in [0.1, 0.15) is 5.75 Å². The Balaban J connectivity index is 1.53. The van der Waals surface area contributed by atoms with Crippen LogP contribution in [0, 0.1) is 5.92 Å². The van der Waals surface area contributed by atoms with Crippen LogP contribution in [0.2, 0.25) is 0 Å². The molecule has 2 aliphatic rings. The van der Waals surface area contributed by atoms with E-state index in [0.29, 0.717) is 17.9 Å². The van der Waals surface area contributed by atoms with E-state index in [0.717, 1.165) is 32.2 Å². The number of rotatable bonds is 6. The van der Waals surface area contributed by atoms with Crippen molar-refractivity contribution in [2.75, 3.05) is 25.5 Å². The summed E-state index contributed by atoms with van der Waals surface area (Å²) in [6, 6.07) is 6.87. The molecule has 1 amide bonds. The Hall–Kier alpha value is -3.03. The van der Waals surface area contributed by atoms with Crippen LogP contribution in [-0.2, 0) is 4.79 Å². The van der Waals surface area contributed by atoms with Crippen molar-refractivity contribution in [2.24, 2.45) is 5.92 Å². The Bertz CT molecular complexity index is 872. The minimum Gasteiger partial charge on any atom is -0.497 e. The van der Waals surface area contributed by atoms with Gasteiger partial charge in [0.05, 0.1) is 7.11 Å². The minimum absolute atomic E-state index is 0.00388. The third kappa shape index (κ3) is 3.67. The van der Waals surface area contributed by atoms with Crippen LogP contribution in [0.4, 0.5) is 5.82 Å². The second-order valence-corrected chi connectivity index (χ2v) is 7.31. The lowest BCUT2D eigenvalue weighted by molar-refractivity contribution is -0.133. The highest BCUT2D eigenvalue weighted by Gasteiger charge is 2.36. The first-order chi connectivity index (χ1) is 13.6. The maximum atomic E-state index is 12.3. The Morgan fingerprint density at radius 3 is 2.64 bits per heavy atom. The molecule has 0 radical (unpaired) electrons. The maximum Gasteiger partial charge on any atom is 0.343 e. The van der Waals surface area contributed by atoms with Crippen LogP contribution >= 0.6 is 0 Å². The number of carbonyl (C=O) groups excluding carboxylic acids is 1. The molecule has 1 aromatic carbocycles. The zero-order chi connectivity index (χ0) is 19.7. The van der Waals surface area contributed by atoms with E-state index in [-0.39, 0.29) is 35.0 Å². The highest BCUT2D eigenvalue weighted by Crippen LogP contribution is 2.33. The van der Waals surface area contributed by atoms with E-state index in [4.69, 9.17) is 9.26 Å². The lowest BCUT2D eigenvalue weighted by atomic mass is 10.0. The number of carboxylic acid groups (broad SMARTS) is 1. The molecule has 1 unspecified atom stereocenters. The molecule has 148 valence electrons. The molecular weight excluding hydrogens is 362 g/mol. The van der Waals surface area contributed by atoms with Crippen LogP contribution < -0.4 is 10.1 Å². The van der Waals surface area contributed by atoms with E-state index < -0.39 is 5.97 Å². The zero-order valence-electron chi connectivity index (χ0n) is 15.7. The molecule has 2 N–H and O–H groups in total. The van der Waals surface area contributed by atoms with Crippen molar-refractivity contribution in [3.8, 4) is 17.1 Å². The topological polar surface area (TPSA) is 105 Å². The molecule has 4 rings (SSSR count). The van der Waals surface area contributed by atoms with Gasteiger partial charge >= 0.3 is 5.97 Å². The average Bonchev–Trinajstić information content (AvgIpc) is 3.48. The molecule has 8 nitrogen and oxygen atoms in total. The summed E-state index contributed by atoms with van der Waals surface area (Å²) in [4.78, 5) is 26.1. The molecule has 1 aromatic heterocycles. The largest absolute Gasteiger partial charge is 0.497 e. The van der Waals surface area contributed by atoms with E-state index in [2.05, 4.69) is 10.5 Å². The summed E-state index contributed by atoms with van der Waals surface area (Å²) < 4.78 is 10.5. The molecule has 1 aliphatic carbocycles. The molecular formula is C20H23N3O5. The number of likely N-dealkylation sites (tertiary alicyclic amines) is 1. The lowest BCUT2D eigenvalue weighted by Crippen LogP contribution is -2.45. The van der Waals surface area contributed by atoms with Crippen LogP contribution in [0.1, 0.15) is 36.0 Å². The number of carboxylic acids is 1. The highest BCUT2D eigenvalue weighted by atomic mass is 16.5. The quantitative estimate of drug-likeness (QED) is 0.788. The van der Waals surface area contributed by atoms with Gasteiger partial charge in [0.15, 0.2) is 17.1 Å². The van der Waals surface area contributed by atoms with Crippen molar-refractivity contribution < 1.29 is 24.0 Å². The molecule has 1 saturated carbocycles. The number of methoxy groups -OCH3 is 1. The van der Waals surface area contributed by atoms with Crippen molar-refractivity contribution >= 4 is 17.7 Å². The first-order valence-electron chi connectivity index (χ1n) is 9.49. The first kappa shape index (κ1) is 18.3. The predicted molar refractivity (Wildman–Crippen MR) is 101 cm³/mol. The average molecular weight is 385 g/mol. The number of benzene rings is 1. The van der Waals surface area contributed by atoms with Crippen molar-refractivity contribution in [3.05, 3.63) is 29.8 Å². The number of anilines is 1. The van der Waals surface area contributed by atoms with Gasteiger partial charge in [-0.2, -0.15) is 0 Å². The summed E-state index contributed by atoms with van der Waals surface area (Å²) in [5.74, 6) is 0.340. The second kappa shape index (κ2) is 7.53. The molecule has 1 saturated heterocycles. The lowest BCUT2D eigenvalue weighted by Gasteiger charge is -2.33. The second-order valence-electron chi connectivity index (χ2n) is 7.31. The van der Waals surface area contributed by atoms with Gasteiger partial charge in [-0.1, -0.05) is 5.16 Å². The zero-order valence-corrected chi connectivity index (χ0v) is 15.7. The maximum absolute atomic E-state index is 12.3. The molecule has 0 bridgehead atoms. The van der Waals surface area contributed by atoms with Crippen LogP contribution in [0.5, 0.6) is 5.75 Å². The smallest absolute Gasteiger partial charge is 0.343 e. The normalized spacial score (nSPS) is 19.3. The summed E-state index contributed by atoms with van der Waals surface area (Å²) in [6.45, 7) is 1.31. The standard InChI is InChI=1S/C20H23N3O5/c1-27-15-8-6-12(7-9-15)17-16(20(25)26)18(22-28-17)21-14-3-2-10-23(11-14)19(24)13-4-5-13/h6-9,13-14H,2-5,10-11H2,1H3,(H,21,22)(H,25,26). The van der Waals surface area contributed by atoms with E-state index in [9.17, 15) is 14.7 Å². The van der Waals surface area contributed by atoms with Gasteiger partial charge in [0.2, 0.25) is 5.91 Å². The van der Waals surface area contributed by atoms with Gasteiger partial charge in [-0.15, -0.1) is 0 Å². The predicted octanol–water partition coefficient (Wildman–Crippen LogP) is 2.86. The molecule has 0 spiro atoms. The first-order valence-corrected chi connectivity index (χ1v) is 9.49. The van der Waals surface area contributed by atoms with Gasteiger partial charge in [0, 0.05) is 30.6 Å². The van der Waals surface area contributed by atoms with E-state index in [1.807, 2.05) is 4.90 Å². The third-order valence-electron chi connectivity index (χ3n) is 5.26. The number of amides is 1. The summed E-state index contributed by atoms with van der Waals surface area (Å²) in [7, 11) is 1.57. The van der Waals surface area contributed by atoms with E-state index in [1.54, 1.807) is 31.4 Å². The van der Waals surface area contributed by atoms with Gasteiger partial charge in [-0.25, -0.2) is 4.79 Å². The van der Waals surface area contributed by atoms with Crippen LogP contribution in [0.25, 0.3) is 11.3 Å². The van der Waals surface area contributed by atoms with Gasteiger partial charge in [-0.3, -0.25) is 4.79 Å². The number of hydrogen-bond donors (Lipinski definition) is 2. The van der Waals surface area contributed by atoms with Crippen molar-refractivity contribution in [1.29, 1.82) is 0 Å². The monoisotopic (exact) mass is 385 g/mol.